The molecule has 8 heteroatoms. The summed E-state index contributed by atoms with van der Waals surface area (Å²) < 4.78 is 47.2. The first-order valence-electron chi connectivity index (χ1n) is 4.06. The molecule has 1 aliphatic rings. The van der Waals surface area contributed by atoms with Gasteiger partial charge in [0.25, 0.3) is 0 Å². The van der Waals surface area contributed by atoms with Gasteiger partial charge in [0.2, 0.25) is 0 Å². The van der Waals surface area contributed by atoms with E-state index in [0.717, 1.165) is 12.1 Å². The van der Waals surface area contributed by atoms with Crippen LogP contribution in [-0.4, -0.2) is 8.09 Å². The molecular formula is C8H9AtF3N2OS. The molecule has 2 rings (SSSR count). The first-order chi connectivity index (χ1) is 7.41. The van der Waals surface area contributed by atoms with E-state index in [4.69, 9.17) is 4.21 Å². The molecule has 0 saturated carbocycles. The zero-order valence-corrected chi connectivity index (χ0v) is 11.7. The molecule has 0 saturated heterocycles. The molecule has 0 bridgehead atoms. The summed E-state index contributed by atoms with van der Waals surface area (Å²) in [6.07, 6.45) is 0.0807. The monoisotopic (exact) mass is 448 g/mol. The van der Waals surface area contributed by atoms with Gasteiger partial charge in [-0.1, -0.05) is 0 Å². The van der Waals surface area contributed by atoms with Crippen LogP contribution in [0.4, 0.5) is 13.2 Å². The summed E-state index contributed by atoms with van der Waals surface area (Å²) in [6.45, 7) is 0. The van der Waals surface area contributed by atoms with E-state index in [9.17, 15) is 13.2 Å². The van der Waals surface area contributed by atoms with Crippen LogP contribution in [0.3, 0.4) is 0 Å². The van der Waals surface area contributed by atoms with Gasteiger partial charge in [-0.2, -0.15) is 0 Å². The second-order valence-corrected chi connectivity index (χ2v) is 7.67. The number of hydrogen-bond donors (Lipinski definition) is 2. The molecule has 0 amide bonds. The number of alkyl halides is 1. The Morgan fingerprint density at radius 3 is 2.31 bits per heavy atom. The number of fused-ring (bicyclic) bond motifs is 1. The van der Waals surface area contributed by atoms with Crippen molar-refractivity contribution in [3.63, 3.8) is 0 Å². The molecule has 91 valence electrons. The zero-order valence-electron chi connectivity index (χ0n) is 7.92. The largest absolute Gasteiger partial charge is 0.239 e. The van der Waals surface area contributed by atoms with Gasteiger partial charge < -0.3 is 0 Å². The fraction of sp³-hybridized carbons (Fsp3) is 0.250. The van der Waals surface area contributed by atoms with Gasteiger partial charge in [0.15, 0.2) is 11.2 Å². The average Bonchev–Trinajstić information content (AvgIpc) is 2.54. The Morgan fingerprint density at radius 2 is 1.81 bits per heavy atom. The Morgan fingerprint density at radius 1 is 1.31 bits per heavy atom. The van der Waals surface area contributed by atoms with Crippen molar-refractivity contribution in [2.45, 2.75) is 10.3 Å². The standard InChI is InChI=1S/C8H5AtF3.H4N2OS/c10-5-1-2-6(11)8-4(5)3-7(12)9-8;1-4(2)3/h1-2,7H,3H2;1-2H2/t7-;/m1./s1. The van der Waals surface area contributed by atoms with E-state index in [1.54, 1.807) is 0 Å². The molecule has 4 N–H and O–H groups in total. The van der Waals surface area contributed by atoms with Gasteiger partial charge in [0, 0.05) is 0 Å². The first kappa shape index (κ1) is 14.0. The Labute approximate surface area is 105 Å². The molecule has 1 aliphatic heterocycles. The summed E-state index contributed by atoms with van der Waals surface area (Å²) in [4.78, 5) is 0. The van der Waals surface area contributed by atoms with Crippen molar-refractivity contribution in [3.8, 4) is 0 Å². The van der Waals surface area contributed by atoms with Gasteiger partial charge in [-0.15, -0.1) is 0 Å². The number of hydrogen-bond acceptors (Lipinski definition) is 1. The van der Waals surface area contributed by atoms with Crippen LogP contribution in [0.15, 0.2) is 12.1 Å². The van der Waals surface area contributed by atoms with Crippen molar-refractivity contribution in [1.82, 2.24) is 0 Å². The SMILES string of the molecule is Fc1ccc(F)c2c1C[C@@H](F)[At]2.NS(N)=O. The molecule has 1 radical (unpaired) electrons. The number of halogens is 3. The van der Waals surface area contributed by atoms with E-state index in [1.807, 2.05) is 0 Å². The molecule has 0 aliphatic carbocycles. The normalized spacial score (nSPS) is 18.0. The van der Waals surface area contributed by atoms with Crippen molar-refractivity contribution in [1.29, 1.82) is 0 Å². The topological polar surface area (TPSA) is 69.1 Å². The Hall–Kier alpha value is -0.0369. The van der Waals surface area contributed by atoms with Crippen LogP contribution in [0.5, 0.6) is 0 Å². The quantitative estimate of drug-likeness (QED) is 0.577. The minimum Gasteiger partial charge on any atom is -0.239 e. The van der Waals surface area contributed by atoms with E-state index in [2.05, 4.69) is 10.3 Å². The molecule has 3 nitrogen and oxygen atoms in total. The summed E-state index contributed by atoms with van der Waals surface area (Å²) in [5.41, 5.74) is 0.279. The van der Waals surface area contributed by atoms with E-state index < -0.39 is 49.9 Å². The summed E-state index contributed by atoms with van der Waals surface area (Å²) in [5.74, 6) is -0.882. The van der Waals surface area contributed by atoms with E-state index >= 15 is 0 Å². The molecule has 0 fully saturated rings. The maximum atomic E-state index is 12.9. The maximum absolute atomic E-state index is 12.9. The molecule has 1 atom stereocenters. The Balaban J connectivity index is 0.000000280. The van der Waals surface area contributed by atoms with Gasteiger partial charge in [-0.3, -0.25) is 0 Å². The summed E-state index contributed by atoms with van der Waals surface area (Å²) in [6, 6.07) is 2.16. The summed E-state index contributed by atoms with van der Waals surface area (Å²) in [5, 5.41) is 8.72. The third-order valence-corrected chi connectivity index (χ3v) is 5.68. The molecule has 1 heterocycles. The van der Waals surface area contributed by atoms with Crippen LogP contribution in [0.25, 0.3) is 0 Å². The van der Waals surface area contributed by atoms with Gasteiger partial charge in [0.1, 0.15) is 0 Å². The fourth-order valence-corrected chi connectivity index (χ4v) is 4.82. The van der Waals surface area contributed by atoms with Crippen LogP contribution in [0, 0.1) is 34.9 Å². The van der Waals surface area contributed by atoms with Crippen LogP contribution in [0.2, 0.25) is 0 Å². The summed E-state index contributed by atoms with van der Waals surface area (Å²) >= 11 is -2.95. The average molecular weight is 448 g/mol. The van der Waals surface area contributed by atoms with Crippen molar-refractivity contribution in [2.24, 2.45) is 10.3 Å². The molecule has 1 aromatic rings. The Bertz CT molecular complexity index is 384. The third-order valence-electron chi connectivity index (χ3n) is 1.72. The van der Waals surface area contributed by atoms with E-state index in [1.165, 1.54) is 0 Å². The van der Waals surface area contributed by atoms with Crippen molar-refractivity contribution in [2.75, 3.05) is 0 Å². The molecule has 0 unspecified atom stereocenters. The molecular weight excluding hydrogens is 439 g/mol. The van der Waals surface area contributed by atoms with Crippen molar-refractivity contribution in [3.05, 3.63) is 29.3 Å². The number of benzene rings is 1. The van der Waals surface area contributed by atoms with E-state index in [0.29, 0.717) is 3.27 Å². The summed E-state index contributed by atoms with van der Waals surface area (Å²) in [7, 11) is 0. The first-order valence-corrected chi connectivity index (χ1v) is 8.51. The fourth-order valence-electron chi connectivity index (χ4n) is 1.19. The number of nitrogens with two attached hydrogens (primary N) is 2. The molecule has 0 spiro atoms. The maximum Gasteiger partial charge on any atom is 0.161 e. The second kappa shape index (κ2) is 6.05. The van der Waals surface area contributed by atoms with Gasteiger partial charge in [-0.05, 0) is 0 Å². The van der Waals surface area contributed by atoms with Crippen LogP contribution < -0.4 is 13.5 Å². The Kier molecular flexibility index (Phi) is 5.30. The van der Waals surface area contributed by atoms with Gasteiger partial charge in [0.05, 0.1) is 0 Å². The van der Waals surface area contributed by atoms with Crippen molar-refractivity contribution >= 4 is 14.4 Å². The predicted molar refractivity (Wildman–Crippen MR) is 51.1 cm³/mol. The van der Waals surface area contributed by atoms with E-state index in [-0.39, 0.29) is 12.0 Å². The van der Waals surface area contributed by atoms with Crippen LogP contribution in [0.1, 0.15) is 5.56 Å². The minimum absolute atomic E-state index is 0.0807. The van der Waals surface area contributed by atoms with Gasteiger partial charge >= 0.3 is 79.3 Å². The van der Waals surface area contributed by atoms with Crippen molar-refractivity contribution < 1.29 is 40.6 Å². The zero-order chi connectivity index (χ0) is 12.3. The smallest absolute Gasteiger partial charge is 0.161 e. The third kappa shape index (κ3) is 3.77. The minimum atomic E-state index is -1.61. The van der Waals surface area contributed by atoms with Gasteiger partial charge in [-0.25, -0.2) is 14.5 Å². The number of rotatable bonds is 0. The van der Waals surface area contributed by atoms with Crippen LogP contribution in [-0.2, 0) is 17.6 Å². The van der Waals surface area contributed by atoms with Crippen LogP contribution >= 0.6 is 0 Å². The molecule has 1 aromatic carbocycles. The molecule has 16 heavy (non-hydrogen) atoms. The second-order valence-electron chi connectivity index (χ2n) is 2.85. The molecule has 0 aromatic heterocycles. The predicted octanol–water partition coefficient (Wildman–Crippen LogP) is 0.00930.